The van der Waals surface area contributed by atoms with E-state index in [0.29, 0.717) is 49.7 Å². The highest BCUT2D eigenvalue weighted by Gasteiger charge is 2.75. The number of rotatable bonds is 3. The lowest BCUT2D eigenvalue weighted by Gasteiger charge is -2.74. The number of carbonyl (C=O) groups excluding carboxylic acids is 1. The molecule has 7 rings (SSSR count). The van der Waals surface area contributed by atoms with Crippen LogP contribution >= 0.6 is 0 Å². The van der Waals surface area contributed by atoms with E-state index in [-0.39, 0.29) is 27.6 Å². The number of hydrogen-bond donors (Lipinski definition) is 3. The molecule has 4 saturated carbocycles. The molecular weight excluding hydrogens is 532 g/mol. The Bertz CT molecular complexity index is 1250. The van der Waals surface area contributed by atoms with Gasteiger partial charge in [-0.25, -0.2) is 4.79 Å². The van der Waals surface area contributed by atoms with E-state index in [1.165, 1.54) is 5.57 Å². The summed E-state index contributed by atoms with van der Waals surface area (Å²) in [7, 11) is 0. The Balaban J connectivity index is 1.46. The van der Waals surface area contributed by atoms with Crippen LogP contribution in [0, 0.1) is 50.2 Å². The van der Waals surface area contributed by atoms with Crippen LogP contribution in [0.15, 0.2) is 23.3 Å². The van der Waals surface area contributed by atoms with E-state index in [0.717, 1.165) is 25.7 Å². The maximum Gasteiger partial charge on any atom is 0.333 e. The van der Waals surface area contributed by atoms with Crippen molar-refractivity contribution in [2.24, 2.45) is 50.2 Å². The van der Waals surface area contributed by atoms with Crippen molar-refractivity contribution in [3.63, 3.8) is 0 Å². The monoisotopic (exact) mass is 584 g/mol. The van der Waals surface area contributed by atoms with Gasteiger partial charge in [-0.15, -0.1) is 0 Å². The van der Waals surface area contributed by atoms with E-state index < -0.39 is 40.8 Å². The fourth-order valence-corrected chi connectivity index (χ4v) is 11.7. The summed E-state index contributed by atoms with van der Waals surface area (Å²) in [5, 5.41) is 34.1. The molecular formula is C35H52O7. The van der Waals surface area contributed by atoms with E-state index in [9.17, 15) is 24.9 Å². The van der Waals surface area contributed by atoms with Crippen LogP contribution in [-0.2, 0) is 19.1 Å². The van der Waals surface area contributed by atoms with Crippen LogP contribution < -0.4 is 0 Å². The lowest BCUT2D eigenvalue weighted by Crippen LogP contribution is -2.73. The predicted molar refractivity (Wildman–Crippen MR) is 158 cm³/mol. The second-order valence-corrected chi connectivity index (χ2v) is 16.6. The SMILES string of the molecule is C/C=C(/C)C(=O)O[C@@H]1[C@@H](O)C(C)(C)CC2C3=CCC4[C@]56CC[C@](O)(OC5)C(C)(C)C6CC[C@@]4(C)[C@]3(C)CC[C@]21C(=O)O. The molecule has 10 atom stereocenters. The number of hydrogen-bond acceptors (Lipinski definition) is 6. The Kier molecular flexibility index (Phi) is 6.46. The molecule has 2 saturated heterocycles. The predicted octanol–water partition coefficient (Wildman–Crippen LogP) is 6.03. The molecule has 234 valence electrons. The number of aliphatic hydroxyl groups is 2. The highest BCUT2D eigenvalue weighted by molar-refractivity contribution is 5.88. The maximum absolute atomic E-state index is 13.4. The standard InChI is InChI=1S/C35H52O7/c1-9-20(2)27(37)42-26-25(36)29(3,4)18-22-21-10-11-24-32(8,31(21,7)14-16-34(22,26)28(38)39)13-12-23-30(5,6)35(40)17-15-33(23,24)19-41-35/h9-10,22-26,36,40H,11-19H2,1-8H3,(H,38,39)/b20-9-/t22?,23?,24?,25-,26-,31-,32-,33-,34+,35+/m1/s1. The van der Waals surface area contributed by atoms with E-state index in [4.69, 9.17) is 9.47 Å². The van der Waals surface area contributed by atoms with Gasteiger partial charge in [0, 0.05) is 28.7 Å². The molecule has 6 fully saturated rings. The van der Waals surface area contributed by atoms with Gasteiger partial charge in [-0.1, -0.05) is 59.3 Å². The fourth-order valence-electron chi connectivity index (χ4n) is 11.7. The number of fused-ring (bicyclic) bond motifs is 7. The zero-order valence-electron chi connectivity index (χ0n) is 26.9. The summed E-state index contributed by atoms with van der Waals surface area (Å²) < 4.78 is 12.3. The van der Waals surface area contributed by atoms with Crippen LogP contribution in [0.1, 0.15) is 107 Å². The average Bonchev–Trinajstić information content (AvgIpc) is 2.91. The van der Waals surface area contributed by atoms with Crippen LogP contribution in [0.4, 0.5) is 0 Å². The smallest absolute Gasteiger partial charge is 0.333 e. The third-order valence-corrected chi connectivity index (χ3v) is 14.7. The zero-order valence-corrected chi connectivity index (χ0v) is 26.9. The number of allylic oxidation sites excluding steroid dienone is 3. The first-order chi connectivity index (χ1) is 19.4. The molecule has 0 aromatic carbocycles. The average molecular weight is 585 g/mol. The van der Waals surface area contributed by atoms with E-state index in [1.54, 1.807) is 19.9 Å². The van der Waals surface area contributed by atoms with Crippen molar-refractivity contribution in [1.29, 1.82) is 0 Å². The molecule has 2 heterocycles. The van der Waals surface area contributed by atoms with E-state index in [2.05, 4.69) is 33.8 Å². The molecule has 0 radical (unpaired) electrons. The summed E-state index contributed by atoms with van der Waals surface area (Å²) in [6.07, 6.45) is 7.84. The molecule has 7 nitrogen and oxygen atoms in total. The first kappa shape index (κ1) is 30.3. The van der Waals surface area contributed by atoms with Crippen LogP contribution in [-0.4, -0.2) is 51.9 Å². The minimum absolute atomic E-state index is 0.0164. The number of aliphatic carboxylic acids is 1. The summed E-state index contributed by atoms with van der Waals surface area (Å²) in [5.74, 6) is -2.22. The topological polar surface area (TPSA) is 113 Å². The summed E-state index contributed by atoms with van der Waals surface area (Å²) >= 11 is 0. The van der Waals surface area contributed by atoms with Crippen LogP contribution in [0.3, 0.4) is 0 Å². The number of carbonyl (C=O) groups is 2. The molecule has 0 amide bonds. The number of esters is 1. The van der Waals surface area contributed by atoms with Gasteiger partial charge in [-0.3, -0.25) is 4.79 Å². The van der Waals surface area contributed by atoms with Crippen molar-refractivity contribution in [2.75, 3.05) is 6.61 Å². The Morgan fingerprint density at radius 3 is 2.31 bits per heavy atom. The van der Waals surface area contributed by atoms with Gasteiger partial charge in [0.2, 0.25) is 0 Å². The summed E-state index contributed by atoms with van der Waals surface area (Å²) in [6, 6.07) is 0. The van der Waals surface area contributed by atoms with Gasteiger partial charge in [0.1, 0.15) is 11.5 Å². The first-order valence-electron chi connectivity index (χ1n) is 16.2. The number of carboxylic acids is 1. The van der Waals surface area contributed by atoms with Crippen molar-refractivity contribution in [3.8, 4) is 0 Å². The molecule has 3 unspecified atom stereocenters. The second kappa shape index (κ2) is 8.94. The number of carboxylic acid groups (broad SMARTS) is 1. The van der Waals surface area contributed by atoms with Gasteiger partial charge in [-0.2, -0.15) is 0 Å². The number of aliphatic hydroxyl groups excluding tert-OH is 1. The minimum Gasteiger partial charge on any atom is -0.481 e. The van der Waals surface area contributed by atoms with Gasteiger partial charge in [-0.05, 0) is 86.9 Å². The second-order valence-electron chi connectivity index (χ2n) is 16.6. The number of ether oxygens (including phenoxy) is 2. The molecule has 2 bridgehead atoms. The summed E-state index contributed by atoms with van der Waals surface area (Å²) in [5.41, 5.74) is -1.08. The van der Waals surface area contributed by atoms with Crippen molar-refractivity contribution in [3.05, 3.63) is 23.3 Å². The Morgan fingerprint density at radius 1 is 1.02 bits per heavy atom. The van der Waals surface area contributed by atoms with Gasteiger partial charge in [0.15, 0.2) is 5.79 Å². The minimum atomic E-state index is -1.39. The van der Waals surface area contributed by atoms with Crippen LogP contribution in [0.5, 0.6) is 0 Å². The third-order valence-electron chi connectivity index (χ3n) is 14.7. The van der Waals surface area contributed by atoms with Crippen LogP contribution in [0.25, 0.3) is 0 Å². The van der Waals surface area contributed by atoms with Gasteiger partial charge < -0.3 is 24.8 Å². The molecule has 2 aliphatic heterocycles. The van der Waals surface area contributed by atoms with Crippen molar-refractivity contribution < 1.29 is 34.4 Å². The third kappa shape index (κ3) is 3.39. The highest BCUT2D eigenvalue weighted by Crippen LogP contribution is 2.78. The molecule has 42 heavy (non-hydrogen) atoms. The molecule has 7 heteroatoms. The molecule has 7 aliphatic rings. The Hall–Kier alpha value is -1.70. The molecule has 3 N–H and O–H groups in total. The maximum atomic E-state index is 13.4. The Labute approximate surface area is 251 Å². The van der Waals surface area contributed by atoms with E-state index in [1.807, 2.05) is 13.8 Å². The Morgan fingerprint density at radius 2 is 1.71 bits per heavy atom. The normalized spacial score (nSPS) is 50.4. The highest BCUT2D eigenvalue weighted by atomic mass is 16.6. The first-order valence-corrected chi connectivity index (χ1v) is 16.2. The fraction of sp³-hybridized carbons (Fsp3) is 0.829. The summed E-state index contributed by atoms with van der Waals surface area (Å²) in [6.45, 7) is 17.1. The van der Waals surface area contributed by atoms with E-state index >= 15 is 0 Å². The lowest BCUT2D eigenvalue weighted by atomic mass is 9.32. The quantitative estimate of drug-likeness (QED) is 0.211. The van der Waals surface area contributed by atoms with Crippen molar-refractivity contribution in [2.45, 2.75) is 125 Å². The largest absolute Gasteiger partial charge is 0.481 e. The summed E-state index contributed by atoms with van der Waals surface area (Å²) in [4.78, 5) is 26.5. The lowest BCUT2D eigenvalue weighted by molar-refractivity contribution is -0.395. The van der Waals surface area contributed by atoms with Crippen molar-refractivity contribution >= 4 is 11.9 Å². The van der Waals surface area contributed by atoms with Gasteiger partial charge in [0.25, 0.3) is 0 Å². The molecule has 1 spiro atoms. The zero-order chi connectivity index (χ0) is 30.9. The van der Waals surface area contributed by atoms with Crippen molar-refractivity contribution in [1.82, 2.24) is 0 Å². The van der Waals surface area contributed by atoms with Crippen LogP contribution in [0.2, 0.25) is 0 Å². The molecule has 5 aliphatic carbocycles. The van der Waals surface area contributed by atoms with Gasteiger partial charge >= 0.3 is 11.9 Å². The molecule has 0 aromatic heterocycles. The van der Waals surface area contributed by atoms with Gasteiger partial charge in [0.05, 0.1) is 12.7 Å². The molecule has 0 aromatic rings.